The molecular weight excluding hydrogens is 238 g/mol. The van der Waals surface area contributed by atoms with Crippen molar-refractivity contribution < 1.29 is 0 Å². The van der Waals surface area contributed by atoms with Gasteiger partial charge in [-0.15, -0.1) is 0 Å². The summed E-state index contributed by atoms with van der Waals surface area (Å²) < 4.78 is 0. The predicted molar refractivity (Wildman–Crippen MR) is 73.5 cm³/mol. The van der Waals surface area contributed by atoms with Crippen molar-refractivity contribution in [1.82, 2.24) is 4.90 Å². The first kappa shape index (κ1) is 12.3. The van der Waals surface area contributed by atoms with Crippen LogP contribution >= 0.6 is 23.4 Å². The average molecular weight is 256 g/mol. The number of thioether (sulfide) groups is 1. The molecule has 88 valence electrons. The zero-order valence-electron chi connectivity index (χ0n) is 9.92. The van der Waals surface area contributed by atoms with Crippen LogP contribution in [-0.4, -0.2) is 29.5 Å². The van der Waals surface area contributed by atoms with Gasteiger partial charge in [0.2, 0.25) is 0 Å². The molecule has 0 amide bonds. The molecule has 0 bridgehead atoms. The Labute approximate surface area is 107 Å². The summed E-state index contributed by atoms with van der Waals surface area (Å²) in [5.41, 5.74) is 3.86. The van der Waals surface area contributed by atoms with Crippen LogP contribution in [0.3, 0.4) is 0 Å². The molecule has 2 rings (SSSR count). The highest BCUT2D eigenvalue weighted by Gasteiger charge is 2.11. The molecule has 1 heterocycles. The molecule has 3 heteroatoms. The summed E-state index contributed by atoms with van der Waals surface area (Å²) in [6.45, 7) is 7.67. The summed E-state index contributed by atoms with van der Waals surface area (Å²) in [6.07, 6.45) is 0. The lowest BCUT2D eigenvalue weighted by Gasteiger charge is -2.26. The smallest absolute Gasteiger partial charge is 0.0441 e. The van der Waals surface area contributed by atoms with E-state index in [9.17, 15) is 0 Å². The highest BCUT2D eigenvalue weighted by atomic mass is 35.5. The third-order valence-corrected chi connectivity index (χ3v) is 4.51. The van der Waals surface area contributed by atoms with Gasteiger partial charge in [0.05, 0.1) is 0 Å². The largest absolute Gasteiger partial charge is 0.297 e. The molecule has 0 saturated carbocycles. The number of halogens is 1. The molecule has 0 aliphatic carbocycles. The number of aryl methyl sites for hydroxylation is 1. The fourth-order valence-electron chi connectivity index (χ4n) is 2.00. The molecule has 0 unspecified atom stereocenters. The fourth-order valence-corrected chi connectivity index (χ4v) is 3.26. The van der Waals surface area contributed by atoms with E-state index in [1.807, 2.05) is 0 Å². The second kappa shape index (κ2) is 5.44. The Bertz CT molecular complexity index is 349. The number of hydrogen-bond donors (Lipinski definition) is 0. The minimum absolute atomic E-state index is 0.904. The van der Waals surface area contributed by atoms with Gasteiger partial charge < -0.3 is 0 Å². The zero-order chi connectivity index (χ0) is 11.5. The van der Waals surface area contributed by atoms with E-state index < -0.39 is 0 Å². The van der Waals surface area contributed by atoms with Gasteiger partial charge in [-0.25, -0.2) is 0 Å². The number of benzene rings is 1. The molecule has 1 aliphatic heterocycles. The van der Waals surface area contributed by atoms with Gasteiger partial charge in [-0.3, -0.25) is 4.90 Å². The van der Waals surface area contributed by atoms with Crippen molar-refractivity contribution in [2.45, 2.75) is 20.4 Å². The lowest BCUT2D eigenvalue weighted by Crippen LogP contribution is -2.31. The number of rotatable bonds is 2. The van der Waals surface area contributed by atoms with Crippen LogP contribution in [0.25, 0.3) is 0 Å². The molecule has 16 heavy (non-hydrogen) atoms. The summed E-state index contributed by atoms with van der Waals surface area (Å²) in [5.74, 6) is 2.52. The van der Waals surface area contributed by atoms with Gasteiger partial charge in [-0.05, 0) is 36.6 Å². The van der Waals surface area contributed by atoms with E-state index in [-0.39, 0.29) is 0 Å². The van der Waals surface area contributed by atoms with Crippen molar-refractivity contribution in [3.8, 4) is 0 Å². The Morgan fingerprint density at radius 2 is 1.94 bits per heavy atom. The van der Waals surface area contributed by atoms with Gasteiger partial charge in [-0.2, -0.15) is 11.8 Å². The topological polar surface area (TPSA) is 3.24 Å². The van der Waals surface area contributed by atoms with Crippen LogP contribution in [0.15, 0.2) is 12.1 Å². The maximum absolute atomic E-state index is 6.21. The molecule has 1 nitrogen and oxygen atoms in total. The Morgan fingerprint density at radius 3 is 2.56 bits per heavy atom. The zero-order valence-corrected chi connectivity index (χ0v) is 11.5. The average Bonchev–Trinajstić information content (AvgIpc) is 2.27. The second-order valence-electron chi connectivity index (χ2n) is 4.41. The van der Waals surface area contributed by atoms with E-state index in [0.717, 1.165) is 11.6 Å². The first-order chi connectivity index (χ1) is 7.66. The van der Waals surface area contributed by atoms with Gasteiger partial charge in [0.1, 0.15) is 0 Å². The molecule has 1 saturated heterocycles. The lowest BCUT2D eigenvalue weighted by atomic mass is 10.1. The van der Waals surface area contributed by atoms with Crippen molar-refractivity contribution in [2.75, 3.05) is 24.6 Å². The van der Waals surface area contributed by atoms with Crippen LogP contribution in [0, 0.1) is 13.8 Å². The molecule has 1 fully saturated rings. The number of hydrogen-bond acceptors (Lipinski definition) is 2. The Morgan fingerprint density at radius 1 is 1.25 bits per heavy atom. The predicted octanol–water partition coefficient (Wildman–Crippen LogP) is 3.51. The van der Waals surface area contributed by atoms with Crippen LogP contribution in [0.1, 0.15) is 16.7 Å². The molecule has 0 atom stereocenters. The summed E-state index contributed by atoms with van der Waals surface area (Å²) in [6, 6.07) is 4.38. The van der Waals surface area contributed by atoms with Crippen molar-refractivity contribution in [3.63, 3.8) is 0 Å². The van der Waals surface area contributed by atoms with Crippen molar-refractivity contribution in [1.29, 1.82) is 0 Å². The highest BCUT2D eigenvalue weighted by molar-refractivity contribution is 7.99. The normalized spacial score (nSPS) is 17.7. The quantitative estimate of drug-likeness (QED) is 0.796. The molecule has 1 aromatic rings. The summed E-state index contributed by atoms with van der Waals surface area (Å²) in [7, 11) is 0. The first-order valence-electron chi connectivity index (χ1n) is 5.72. The Hall–Kier alpha value is -0.180. The van der Waals surface area contributed by atoms with Crippen LogP contribution in [0.4, 0.5) is 0 Å². The SMILES string of the molecule is Cc1cc(CN2CCSCC2)cc(Cl)c1C. The van der Waals surface area contributed by atoms with Crippen LogP contribution in [-0.2, 0) is 6.54 Å². The van der Waals surface area contributed by atoms with Crippen LogP contribution in [0.2, 0.25) is 5.02 Å². The summed E-state index contributed by atoms with van der Waals surface area (Å²) in [5, 5.41) is 0.904. The van der Waals surface area contributed by atoms with Gasteiger partial charge in [0, 0.05) is 36.2 Å². The standard InChI is InChI=1S/C13H18ClNS/c1-10-7-12(8-13(14)11(10)2)9-15-3-5-16-6-4-15/h7-8H,3-6,9H2,1-2H3. The highest BCUT2D eigenvalue weighted by Crippen LogP contribution is 2.22. The minimum Gasteiger partial charge on any atom is -0.297 e. The Kier molecular flexibility index (Phi) is 4.17. The van der Waals surface area contributed by atoms with E-state index in [1.165, 1.54) is 41.3 Å². The van der Waals surface area contributed by atoms with E-state index in [1.54, 1.807) is 0 Å². The summed E-state index contributed by atoms with van der Waals surface area (Å²) >= 11 is 8.26. The maximum Gasteiger partial charge on any atom is 0.0441 e. The molecule has 0 radical (unpaired) electrons. The monoisotopic (exact) mass is 255 g/mol. The maximum atomic E-state index is 6.21. The lowest BCUT2D eigenvalue weighted by molar-refractivity contribution is 0.294. The second-order valence-corrected chi connectivity index (χ2v) is 6.04. The van der Waals surface area contributed by atoms with Gasteiger partial charge in [-0.1, -0.05) is 17.7 Å². The molecule has 1 aliphatic rings. The van der Waals surface area contributed by atoms with Gasteiger partial charge in [0.15, 0.2) is 0 Å². The molecule has 0 aromatic heterocycles. The van der Waals surface area contributed by atoms with Gasteiger partial charge >= 0.3 is 0 Å². The van der Waals surface area contributed by atoms with E-state index >= 15 is 0 Å². The van der Waals surface area contributed by atoms with Crippen molar-refractivity contribution in [2.24, 2.45) is 0 Å². The van der Waals surface area contributed by atoms with E-state index in [0.29, 0.717) is 0 Å². The first-order valence-corrected chi connectivity index (χ1v) is 7.26. The van der Waals surface area contributed by atoms with Crippen molar-refractivity contribution in [3.05, 3.63) is 33.8 Å². The fraction of sp³-hybridized carbons (Fsp3) is 0.538. The molecule has 0 spiro atoms. The van der Waals surface area contributed by atoms with E-state index in [4.69, 9.17) is 11.6 Å². The molecule has 0 N–H and O–H groups in total. The third-order valence-electron chi connectivity index (χ3n) is 3.17. The summed E-state index contributed by atoms with van der Waals surface area (Å²) in [4.78, 5) is 2.51. The molecular formula is C13H18ClNS. The van der Waals surface area contributed by atoms with Crippen LogP contribution in [0.5, 0.6) is 0 Å². The van der Waals surface area contributed by atoms with Gasteiger partial charge in [0.25, 0.3) is 0 Å². The van der Waals surface area contributed by atoms with Crippen molar-refractivity contribution >= 4 is 23.4 Å². The number of nitrogens with zero attached hydrogens (tertiary/aromatic N) is 1. The molecule has 1 aromatic carbocycles. The Balaban J connectivity index is 2.09. The minimum atomic E-state index is 0.904. The van der Waals surface area contributed by atoms with Crippen LogP contribution < -0.4 is 0 Å². The third kappa shape index (κ3) is 2.93. The van der Waals surface area contributed by atoms with E-state index in [2.05, 4.69) is 42.6 Å².